The zero-order valence-electron chi connectivity index (χ0n) is 19.5. The number of aromatic nitrogens is 4. The van der Waals surface area contributed by atoms with Gasteiger partial charge in [-0.3, -0.25) is 4.79 Å². The Kier molecular flexibility index (Phi) is 4.91. The number of carbonyl (C=O) groups excluding carboxylic acids is 1. The molecule has 35 heavy (non-hydrogen) atoms. The van der Waals surface area contributed by atoms with Crippen LogP contribution < -0.4 is 10.6 Å². The molecule has 3 heterocycles. The summed E-state index contributed by atoms with van der Waals surface area (Å²) in [5.74, 6) is 1.10. The topological polar surface area (TPSA) is 84.7 Å². The maximum absolute atomic E-state index is 15.0. The fraction of sp³-hybridized carbons (Fsp3) is 0.259. The Morgan fingerprint density at radius 2 is 1.97 bits per heavy atom. The number of benzene rings is 2. The molecular weight excluding hydrogens is 443 g/mol. The van der Waals surface area contributed by atoms with Crippen molar-refractivity contribution < 1.29 is 9.18 Å². The van der Waals surface area contributed by atoms with Crippen LogP contribution in [0.1, 0.15) is 54.2 Å². The molecule has 0 unspecified atom stereocenters. The standard InChI is InChI=1S/C27H25FN6O/c1-27(2)14-30-26(35)19-7-6-18(12-20(19)27)32-24-9-10-29-25(33-24)17-5-8-23(21(28)11-17)34-13-22(31-15-34)16-3-4-16/h5-13,15-16H,3-4,14H2,1-2H3,(H,30,35)(H,29,32,33). The fourth-order valence-corrected chi connectivity index (χ4v) is 4.50. The number of imidazole rings is 1. The Morgan fingerprint density at radius 1 is 1.11 bits per heavy atom. The molecule has 0 atom stereocenters. The number of fused-ring (bicyclic) bond motifs is 1. The maximum Gasteiger partial charge on any atom is 0.251 e. The second-order valence-corrected chi connectivity index (χ2v) is 9.86. The molecule has 1 aliphatic carbocycles. The quantitative estimate of drug-likeness (QED) is 0.425. The molecule has 4 aromatic rings. The first-order chi connectivity index (χ1) is 16.9. The van der Waals surface area contributed by atoms with Gasteiger partial charge >= 0.3 is 0 Å². The molecule has 176 valence electrons. The molecule has 0 radical (unpaired) electrons. The monoisotopic (exact) mass is 468 g/mol. The molecule has 1 amide bonds. The van der Waals surface area contributed by atoms with Crippen LogP contribution in [0.4, 0.5) is 15.9 Å². The van der Waals surface area contributed by atoms with Crippen LogP contribution in [0.25, 0.3) is 17.1 Å². The minimum Gasteiger partial charge on any atom is -0.351 e. The Balaban J connectivity index is 1.26. The third kappa shape index (κ3) is 4.05. The van der Waals surface area contributed by atoms with E-state index in [0.29, 0.717) is 40.9 Å². The minimum atomic E-state index is -0.362. The van der Waals surface area contributed by atoms with Gasteiger partial charge in [-0.2, -0.15) is 0 Å². The van der Waals surface area contributed by atoms with Crippen molar-refractivity contribution in [3.63, 3.8) is 0 Å². The van der Waals surface area contributed by atoms with Gasteiger partial charge in [-0.05, 0) is 60.9 Å². The van der Waals surface area contributed by atoms with Crippen LogP contribution in [0.2, 0.25) is 0 Å². The number of hydrogen-bond donors (Lipinski definition) is 2. The van der Waals surface area contributed by atoms with Crippen LogP contribution in [0.5, 0.6) is 0 Å². The van der Waals surface area contributed by atoms with E-state index in [-0.39, 0.29) is 17.1 Å². The van der Waals surface area contributed by atoms with Gasteiger partial charge in [0.05, 0.1) is 17.7 Å². The largest absolute Gasteiger partial charge is 0.351 e. The minimum absolute atomic E-state index is 0.0554. The van der Waals surface area contributed by atoms with E-state index < -0.39 is 0 Å². The van der Waals surface area contributed by atoms with Gasteiger partial charge in [-0.1, -0.05) is 13.8 Å². The number of amides is 1. The predicted molar refractivity (Wildman–Crippen MR) is 132 cm³/mol. The molecule has 1 fully saturated rings. The molecule has 1 aliphatic heterocycles. The van der Waals surface area contributed by atoms with E-state index in [9.17, 15) is 4.79 Å². The van der Waals surface area contributed by atoms with E-state index in [2.05, 4.69) is 39.4 Å². The molecule has 8 heteroatoms. The SMILES string of the molecule is CC1(C)CNC(=O)c2ccc(Nc3ccnc(-c4ccc(-n5cnc(C6CC6)c5)c(F)c4)n3)cc21. The van der Waals surface area contributed by atoms with Gasteiger partial charge in [0.1, 0.15) is 11.6 Å². The lowest BCUT2D eigenvalue weighted by Crippen LogP contribution is -2.43. The molecule has 2 aromatic carbocycles. The van der Waals surface area contributed by atoms with E-state index in [4.69, 9.17) is 0 Å². The van der Waals surface area contributed by atoms with Crippen LogP contribution in [-0.2, 0) is 5.41 Å². The van der Waals surface area contributed by atoms with Crippen molar-refractivity contribution in [2.75, 3.05) is 11.9 Å². The molecule has 0 spiro atoms. The van der Waals surface area contributed by atoms with Crippen molar-refractivity contribution in [1.82, 2.24) is 24.8 Å². The number of nitrogens with zero attached hydrogens (tertiary/aromatic N) is 4. The summed E-state index contributed by atoms with van der Waals surface area (Å²) in [7, 11) is 0. The van der Waals surface area contributed by atoms with Crippen molar-refractivity contribution in [2.45, 2.75) is 38.0 Å². The Bertz CT molecular complexity index is 1460. The van der Waals surface area contributed by atoms with E-state index in [1.165, 1.54) is 6.07 Å². The molecule has 2 aliphatic rings. The molecule has 7 nitrogen and oxygen atoms in total. The van der Waals surface area contributed by atoms with Gasteiger partial charge in [0.25, 0.3) is 5.91 Å². The fourth-order valence-electron chi connectivity index (χ4n) is 4.50. The van der Waals surface area contributed by atoms with Crippen LogP contribution in [0.15, 0.2) is 61.2 Å². The molecule has 0 saturated heterocycles. The predicted octanol–water partition coefficient (Wildman–Crippen LogP) is 5.11. The summed E-state index contributed by atoms with van der Waals surface area (Å²) in [6, 6.07) is 12.4. The van der Waals surface area contributed by atoms with Gasteiger partial charge in [0.15, 0.2) is 5.82 Å². The van der Waals surface area contributed by atoms with E-state index >= 15 is 4.39 Å². The average molecular weight is 469 g/mol. The lowest BCUT2D eigenvalue weighted by Gasteiger charge is -2.32. The van der Waals surface area contributed by atoms with Gasteiger partial charge in [-0.25, -0.2) is 19.3 Å². The first kappa shape index (κ1) is 21.5. The molecule has 1 saturated carbocycles. The zero-order valence-corrected chi connectivity index (χ0v) is 19.5. The molecule has 2 aromatic heterocycles. The maximum atomic E-state index is 15.0. The molecule has 0 bridgehead atoms. The molecule has 6 rings (SSSR count). The Morgan fingerprint density at radius 3 is 2.77 bits per heavy atom. The first-order valence-corrected chi connectivity index (χ1v) is 11.7. The van der Waals surface area contributed by atoms with Crippen molar-refractivity contribution >= 4 is 17.4 Å². The normalized spacial score (nSPS) is 16.5. The first-order valence-electron chi connectivity index (χ1n) is 11.7. The van der Waals surface area contributed by atoms with Gasteiger partial charge in [0, 0.05) is 47.1 Å². The summed E-state index contributed by atoms with van der Waals surface area (Å²) in [5, 5.41) is 6.23. The third-order valence-corrected chi connectivity index (χ3v) is 6.69. The lowest BCUT2D eigenvalue weighted by molar-refractivity contribution is 0.0930. The van der Waals surface area contributed by atoms with Gasteiger partial charge in [-0.15, -0.1) is 0 Å². The van der Waals surface area contributed by atoms with Crippen molar-refractivity contribution in [3.8, 4) is 17.1 Å². The summed E-state index contributed by atoms with van der Waals surface area (Å²) in [5.41, 5.74) is 4.37. The van der Waals surface area contributed by atoms with Crippen LogP contribution in [0, 0.1) is 5.82 Å². The highest BCUT2D eigenvalue weighted by Crippen LogP contribution is 2.39. The highest BCUT2D eigenvalue weighted by Gasteiger charge is 2.31. The van der Waals surface area contributed by atoms with Crippen molar-refractivity contribution in [3.05, 3.63) is 83.8 Å². The summed E-state index contributed by atoms with van der Waals surface area (Å²) in [4.78, 5) is 25.6. The average Bonchev–Trinajstić information content (AvgIpc) is 3.59. The summed E-state index contributed by atoms with van der Waals surface area (Å²) >= 11 is 0. The second kappa shape index (κ2) is 8.01. The van der Waals surface area contributed by atoms with E-state index in [1.807, 2.05) is 30.5 Å². The third-order valence-electron chi connectivity index (χ3n) is 6.69. The number of carbonyl (C=O) groups is 1. The summed E-state index contributed by atoms with van der Waals surface area (Å²) < 4.78 is 16.7. The Hall–Kier alpha value is -4.07. The van der Waals surface area contributed by atoms with E-state index in [0.717, 1.165) is 29.8 Å². The number of anilines is 2. The van der Waals surface area contributed by atoms with Crippen LogP contribution in [0.3, 0.4) is 0 Å². The smallest absolute Gasteiger partial charge is 0.251 e. The van der Waals surface area contributed by atoms with Crippen molar-refractivity contribution in [1.29, 1.82) is 0 Å². The number of hydrogen-bond acceptors (Lipinski definition) is 5. The number of halogens is 1. The van der Waals surface area contributed by atoms with Gasteiger partial charge in [0.2, 0.25) is 0 Å². The summed E-state index contributed by atoms with van der Waals surface area (Å²) in [6.45, 7) is 4.79. The highest BCUT2D eigenvalue weighted by atomic mass is 19.1. The molecular formula is C27H25FN6O. The van der Waals surface area contributed by atoms with Crippen LogP contribution in [-0.4, -0.2) is 32.0 Å². The highest BCUT2D eigenvalue weighted by molar-refractivity contribution is 5.98. The van der Waals surface area contributed by atoms with E-state index in [1.54, 1.807) is 29.2 Å². The number of rotatable bonds is 5. The zero-order chi connectivity index (χ0) is 24.2. The number of nitrogens with one attached hydrogen (secondary N) is 2. The summed E-state index contributed by atoms with van der Waals surface area (Å²) in [6.07, 6.45) is 7.51. The Labute approximate surface area is 202 Å². The lowest BCUT2D eigenvalue weighted by atomic mass is 9.79. The van der Waals surface area contributed by atoms with Crippen molar-refractivity contribution in [2.24, 2.45) is 0 Å². The van der Waals surface area contributed by atoms with Crippen LogP contribution >= 0.6 is 0 Å². The molecule has 2 N–H and O–H groups in total. The second-order valence-electron chi connectivity index (χ2n) is 9.86. The van der Waals surface area contributed by atoms with Gasteiger partial charge < -0.3 is 15.2 Å².